The SMILES string of the molecule is CN1C(=O)c2cccc(Cl)c2C12CCN(C(=O)/C=C/c1c(Cl)cccc1Cl)CC2. The number of hydrogen-bond acceptors (Lipinski definition) is 2. The van der Waals surface area contributed by atoms with E-state index in [4.69, 9.17) is 34.8 Å². The minimum Gasteiger partial charge on any atom is -0.339 e. The molecular formula is C22H19Cl3N2O2. The van der Waals surface area contributed by atoms with Crippen molar-refractivity contribution in [2.45, 2.75) is 18.4 Å². The van der Waals surface area contributed by atoms with Crippen LogP contribution < -0.4 is 0 Å². The molecule has 0 unspecified atom stereocenters. The van der Waals surface area contributed by atoms with Crippen LogP contribution in [0, 0.1) is 0 Å². The molecule has 0 bridgehead atoms. The Balaban J connectivity index is 1.52. The Kier molecular flexibility index (Phi) is 5.36. The number of carbonyl (C=O) groups excluding carboxylic acids is 2. The molecule has 0 aliphatic carbocycles. The summed E-state index contributed by atoms with van der Waals surface area (Å²) in [6.45, 7) is 1.06. The third-order valence-corrected chi connectivity index (χ3v) is 6.92. The summed E-state index contributed by atoms with van der Waals surface area (Å²) in [6.07, 6.45) is 4.42. The van der Waals surface area contributed by atoms with E-state index in [1.54, 1.807) is 40.1 Å². The Morgan fingerprint density at radius 2 is 1.59 bits per heavy atom. The summed E-state index contributed by atoms with van der Waals surface area (Å²) < 4.78 is 0. The quantitative estimate of drug-likeness (QED) is 0.587. The molecule has 2 aromatic rings. The van der Waals surface area contributed by atoms with E-state index in [-0.39, 0.29) is 11.8 Å². The molecule has 2 aliphatic heterocycles. The maximum atomic E-state index is 12.7. The molecule has 4 rings (SSSR count). The number of piperidine rings is 1. The minimum absolute atomic E-state index is 0.0180. The number of likely N-dealkylation sites (tertiary alicyclic amines) is 1. The molecule has 1 spiro atoms. The fourth-order valence-electron chi connectivity index (χ4n) is 4.33. The van der Waals surface area contributed by atoms with Gasteiger partial charge in [-0.1, -0.05) is 46.9 Å². The first kappa shape index (κ1) is 20.3. The molecule has 0 radical (unpaired) electrons. The van der Waals surface area contributed by atoms with Crippen LogP contribution >= 0.6 is 34.8 Å². The number of amides is 2. The van der Waals surface area contributed by atoms with Gasteiger partial charge in [-0.05, 0) is 43.2 Å². The number of halogens is 3. The number of rotatable bonds is 2. The predicted molar refractivity (Wildman–Crippen MR) is 117 cm³/mol. The number of benzene rings is 2. The van der Waals surface area contributed by atoms with Gasteiger partial charge in [-0.3, -0.25) is 9.59 Å². The van der Waals surface area contributed by atoms with Crippen LogP contribution in [0.4, 0.5) is 0 Å². The van der Waals surface area contributed by atoms with Crippen LogP contribution in [-0.2, 0) is 10.3 Å². The molecule has 0 aromatic heterocycles. The third-order valence-electron chi connectivity index (χ3n) is 5.95. The van der Waals surface area contributed by atoms with Gasteiger partial charge in [0, 0.05) is 58.0 Å². The van der Waals surface area contributed by atoms with Gasteiger partial charge >= 0.3 is 0 Å². The second-order valence-corrected chi connectivity index (χ2v) is 8.57. The van der Waals surface area contributed by atoms with E-state index in [0.29, 0.717) is 52.1 Å². The zero-order valence-corrected chi connectivity index (χ0v) is 18.1. The van der Waals surface area contributed by atoms with Gasteiger partial charge in [-0.15, -0.1) is 0 Å². The monoisotopic (exact) mass is 448 g/mol. The molecule has 2 amide bonds. The Morgan fingerprint density at radius 1 is 1.00 bits per heavy atom. The van der Waals surface area contributed by atoms with Crippen LogP contribution in [0.3, 0.4) is 0 Å². The van der Waals surface area contributed by atoms with Crippen molar-refractivity contribution in [3.8, 4) is 0 Å². The second kappa shape index (κ2) is 7.67. The molecule has 7 heteroatoms. The van der Waals surface area contributed by atoms with E-state index in [2.05, 4.69) is 0 Å². The minimum atomic E-state index is -0.461. The zero-order chi connectivity index (χ0) is 20.8. The number of nitrogens with zero attached hydrogens (tertiary/aromatic N) is 2. The van der Waals surface area contributed by atoms with E-state index < -0.39 is 5.54 Å². The number of fused-ring (bicyclic) bond motifs is 2. The van der Waals surface area contributed by atoms with Crippen molar-refractivity contribution in [2.75, 3.05) is 20.1 Å². The molecule has 0 atom stereocenters. The summed E-state index contributed by atoms with van der Waals surface area (Å²) in [5.41, 5.74) is 1.71. The highest BCUT2D eigenvalue weighted by Crippen LogP contribution is 2.48. The lowest BCUT2D eigenvalue weighted by atomic mass is 9.81. The fourth-order valence-corrected chi connectivity index (χ4v) is 5.20. The van der Waals surface area contributed by atoms with Crippen LogP contribution in [-0.4, -0.2) is 41.8 Å². The summed E-state index contributed by atoms with van der Waals surface area (Å²) >= 11 is 18.8. The normalized spacial score (nSPS) is 18.0. The molecule has 150 valence electrons. The summed E-state index contributed by atoms with van der Waals surface area (Å²) in [5.74, 6) is -0.127. The standard InChI is InChI=1S/C22H19Cl3N2O2/c1-26-21(29)15-4-2-7-18(25)20(15)22(26)10-12-27(13-11-22)19(28)9-8-14-16(23)5-3-6-17(14)24/h2-9H,10-13H2,1H3/b9-8+. The lowest BCUT2D eigenvalue weighted by Crippen LogP contribution is -2.51. The lowest BCUT2D eigenvalue weighted by molar-refractivity contribution is -0.128. The lowest BCUT2D eigenvalue weighted by Gasteiger charge is -2.44. The van der Waals surface area contributed by atoms with Gasteiger partial charge < -0.3 is 9.80 Å². The van der Waals surface area contributed by atoms with E-state index in [1.165, 1.54) is 6.08 Å². The van der Waals surface area contributed by atoms with Crippen molar-refractivity contribution in [2.24, 2.45) is 0 Å². The van der Waals surface area contributed by atoms with Crippen LogP contribution in [0.5, 0.6) is 0 Å². The highest BCUT2D eigenvalue weighted by Gasteiger charge is 2.50. The van der Waals surface area contributed by atoms with Crippen molar-refractivity contribution in [3.63, 3.8) is 0 Å². The summed E-state index contributed by atoms with van der Waals surface area (Å²) in [5, 5.41) is 1.60. The summed E-state index contributed by atoms with van der Waals surface area (Å²) in [6, 6.07) is 10.7. The van der Waals surface area contributed by atoms with E-state index in [9.17, 15) is 9.59 Å². The van der Waals surface area contributed by atoms with Crippen LogP contribution in [0.15, 0.2) is 42.5 Å². The number of carbonyl (C=O) groups is 2. The predicted octanol–water partition coefficient (Wildman–Crippen LogP) is 5.26. The Morgan fingerprint density at radius 3 is 2.24 bits per heavy atom. The van der Waals surface area contributed by atoms with Gasteiger partial charge in [0.05, 0.1) is 5.54 Å². The zero-order valence-electron chi connectivity index (χ0n) is 15.8. The van der Waals surface area contributed by atoms with E-state index >= 15 is 0 Å². The molecule has 0 N–H and O–H groups in total. The Bertz CT molecular complexity index is 1010. The highest BCUT2D eigenvalue weighted by atomic mass is 35.5. The molecule has 29 heavy (non-hydrogen) atoms. The van der Waals surface area contributed by atoms with Crippen molar-refractivity contribution < 1.29 is 9.59 Å². The van der Waals surface area contributed by atoms with E-state index in [0.717, 1.165) is 5.56 Å². The van der Waals surface area contributed by atoms with Gasteiger partial charge in [0.15, 0.2) is 0 Å². The molecule has 2 aliphatic rings. The number of hydrogen-bond donors (Lipinski definition) is 0. The van der Waals surface area contributed by atoms with E-state index in [1.807, 2.05) is 19.2 Å². The van der Waals surface area contributed by atoms with Crippen LogP contribution in [0.25, 0.3) is 6.08 Å². The molecule has 1 fully saturated rings. The molecule has 2 heterocycles. The first-order valence-electron chi connectivity index (χ1n) is 9.33. The molecule has 4 nitrogen and oxygen atoms in total. The van der Waals surface area contributed by atoms with Crippen LogP contribution in [0.2, 0.25) is 15.1 Å². The second-order valence-electron chi connectivity index (χ2n) is 7.35. The molecule has 0 saturated carbocycles. The summed E-state index contributed by atoms with van der Waals surface area (Å²) in [7, 11) is 1.81. The smallest absolute Gasteiger partial charge is 0.254 e. The van der Waals surface area contributed by atoms with Gasteiger partial charge in [0.2, 0.25) is 5.91 Å². The summed E-state index contributed by atoms with van der Waals surface area (Å²) in [4.78, 5) is 29.0. The molecular weight excluding hydrogens is 431 g/mol. The van der Waals surface area contributed by atoms with Gasteiger partial charge in [-0.25, -0.2) is 0 Å². The topological polar surface area (TPSA) is 40.6 Å². The van der Waals surface area contributed by atoms with Gasteiger partial charge in [-0.2, -0.15) is 0 Å². The van der Waals surface area contributed by atoms with Crippen molar-refractivity contribution >= 4 is 52.7 Å². The first-order chi connectivity index (χ1) is 13.8. The molecule has 1 saturated heterocycles. The van der Waals surface area contributed by atoms with Gasteiger partial charge in [0.25, 0.3) is 5.91 Å². The average molecular weight is 450 g/mol. The maximum absolute atomic E-state index is 12.7. The fraction of sp³-hybridized carbons (Fsp3) is 0.273. The third kappa shape index (κ3) is 3.33. The van der Waals surface area contributed by atoms with Crippen molar-refractivity contribution in [3.05, 3.63) is 74.2 Å². The van der Waals surface area contributed by atoms with Crippen molar-refractivity contribution in [1.29, 1.82) is 0 Å². The first-order valence-corrected chi connectivity index (χ1v) is 10.5. The van der Waals surface area contributed by atoms with Gasteiger partial charge in [0.1, 0.15) is 0 Å². The largest absolute Gasteiger partial charge is 0.339 e. The maximum Gasteiger partial charge on any atom is 0.254 e. The Labute approximate surface area is 184 Å². The van der Waals surface area contributed by atoms with Crippen molar-refractivity contribution in [1.82, 2.24) is 9.80 Å². The molecule has 2 aromatic carbocycles. The Hall–Kier alpha value is -2.01. The van der Waals surface area contributed by atoms with Crippen LogP contribution in [0.1, 0.15) is 34.3 Å². The highest BCUT2D eigenvalue weighted by molar-refractivity contribution is 6.37. The average Bonchev–Trinajstić information content (AvgIpc) is 2.91.